The average molecular weight is 543 g/mol. The lowest BCUT2D eigenvalue weighted by atomic mass is 10.1. The molecule has 1 aromatic heterocycles. The molecular weight excluding hydrogens is 509 g/mol. The van der Waals surface area contributed by atoms with Crippen LogP contribution >= 0.6 is 24.0 Å². The van der Waals surface area contributed by atoms with Gasteiger partial charge in [0.25, 0.3) is 0 Å². The second-order valence-corrected chi connectivity index (χ2v) is 7.49. The van der Waals surface area contributed by atoms with Gasteiger partial charge in [-0.25, -0.2) is 0 Å². The summed E-state index contributed by atoms with van der Waals surface area (Å²) >= 11 is 0. The van der Waals surface area contributed by atoms with E-state index in [0.29, 0.717) is 6.54 Å². The molecular formula is C22H34IN5O3. The minimum atomic E-state index is -0.640. The molecule has 1 aromatic carbocycles. The van der Waals surface area contributed by atoms with Gasteiger partial charge in [0.15, 0.2) is 5.96 Å². The molecule has 1 saturated heterocycles. The molecule has 0 spiro atoms. The highest BCUT2D eigenvalue weighted by Crippen LogP contribution is 2.16. The first-order valence-electron chi connectivity index (χ1n) is 10.6. The molecule has 31 heavy (non-hydrogen) atoms. The van der Waals surface area contributed by atoms with Crippen LogP contribution in [0.2, 0.25) is 0 Å². The van der Waals surface area contributed by atoms with E-state index in [1.165, 1.54) is 0 Å². The van der Waals surface area contributed by atoms with E-state index >= 15 is 0 Å². The summed E-state index contributed by atoms with van der Waals surface area (Å²) in [5.41, 5.74) is 2.06. The Morgan fingerprint density at radius 3 is 2.61 bits per heavy atom. The van der Waals surface area contributed by atoms with Crippen LogP contribution in [0.1, 0.15) is 31.2 Å². The van der Waals surface area contributed by atoms with Gasteiger partial charge < -0.3 is 24.6 Å². The quantitative estimate of drug-likeness (QED) is 0.286. The molecule has 0 aliphatic carbocycles. The lowest BCUT2D eigenvalue weighted by Gasteiger charge is -2.36. The summed E-state index contributed by atoms with van der Waals surface area (Å²) in [6.45, 7) is 9.81. The number of ether oxygens (including phenoxy) is 1. The van der Waals surface area contributed by atoms with Gasteiger partial charge in [0, 0.05) is 45.3 Å². The Hall–Kier alpha value is -1.69. The van der Waals surface area contributed by atoms with Crippen LogP contribution in [0.5, 0.6) is 0 Å². The van der Waals surface area contributed by atoms with E-state index in [1.807, 2.05) is 43.3 Å². The van der Waals surface area contributed by atoms with E-state index in [2.05, 4.69) is 32.2 Å². The van der Waals surface area contributed by atoms with Crippen molar-refractivity contribution in [2.75, 3.05) is 45.9 Å². The van der Waals surface area contributed by atoms with E-state index in [9.17, 15) is 5.11 Å². The Kier molecular flexibility index (Phi) is 11.3. The number of piperazine rings is 1. The Balaban J connectivity index is 0.00000341. The monoisotopic (exact) mass is 543 g/mol. The van der Waals surface area contributed by atoms with Gasteiger partial charge in [0.2, 0.25) is 0 Å². The number of aliphatic hydroxyl groups excluding tert-OH is 1. The number of aliphatic hydroxyl groups is 1. The van der Waals surface area contributed by atoms with Crippen LogP contribution in [0.4, 0.5) is 0 Å². The predicted octanol–water partition coefficient (Wildman–Crippen LogP) is 2.51. The second-order valence-electron chi connectivity index (χ2n) is 7.49. The van der Waals surface area contributed by atoms with Gasteiger partial charge in [-0.05, 0) is 19.4 Å². The fraction of sp³-hybridized carbons (Fsp3) is 0.545. The summed E-state index contributed by atoms with van der Waals surface area (Å²) in [6.07, 6.45) is 0.908. The minimum Gasteiger partial charge on any atom is -0.389 e. The summed E-state index contributed by atoms with van der Waals surface area (Å²) < 4.78 is 10.7. The highest BCUT2D eigenvalue weighted by molar-refractivity contribution is 14.0. The van der Waals surface area contributed by atoms with Crippen LogP contribution in [-0.2, 0) is 11.3 Å². The third kappa shape index (κ3) is 8.40. The molecule has 2 heterocycles. The summed E-state index contributed by atoms with van der Waals surface area (Å²) in [6, 6.07) is 11.9. The molecule has 2 aromatic rings. The Morgan fingerprint density at radius 2 is 1.97 bits per heavy atom. The largest absolute Gasteiger partial charge is 0.389 e. The first-order valence-corrected chi connectivity index (χ1v) is 10.6. The number of rotatable bonds is 9. The molecule has 1 aliphatic rings. The molecule has 1 aliphatic heterocycles. The molecule has 0 radical (unpaired) electrons. The van der Waals surface area contributed by atoms with Crippen molar-refractivity contribution in [3.8, 4) is 0 Å². The maximum absolute atomic E-state index is 10.3. The number of hydrogen-bond acceptors (Lipinski definition) is 6. The molecule has 1 fully saturated rings. The van der Waals surface area contributed by atoms with Gasteiger partial charge in [0.1, 0.15) is 6.26 Å². The number of hydrogen-bond donors (Lipinski definition) is 2. The number of nitrogens with one attached hydrogen (secondary N) is 1. The molecule has 172 valence electrons. The smallest absolute Gasteiger partial charge is 0.194 e. The van der Waals surface area contributed by atoms with Gasteiger partial charge in [0.05, 0.1) is 31.1 Å². The van der Waals surface area contributed by atoms with E-state index in [4.69, 9.17) is 9.26 Å². The number of aliphatic imine (C=N–C) groups is 1. The maximum Gasteiger partial charge on any atom is 0.194 e. The third-order valence-corrected chi connectivity index (χ3v) is 5.14. The van der Waals surface area contributed by atoms with Crippen LogP contribution in [0.15, 0.2) is 52.2 Å². The summed E-state index contributed by atoms with van der Waals surface area (Å²) in [5, 5.41) is 17.7. The Morgan fingerprint density at radius 1 is 1.23 bits per heavy atom. The van der Waals surface area contributed by atoms with Gasteiger partial charge in [-0.2, -0.15) is 0 Å². The van der Waals surface area contributed by atoms with Crippen molar-refractivity contribution in [2.24, 2.45) is 4.99 Å². The van der Waals surface area contributed by atoms with Gasteiger partial charge in [-0.1, -0.05) is 35.5 Å². The van der Waals surface area contributed by atoms with Gasteiger partial charge >= 0.3 is 0 Å². The van der Waals surface area contributed by atoms with Gasteiger partial charge in [-0.15, -0.1) is 24.0 Å². The van der Waals surface area contributed by atoms with E-state index < -0.39 is 6.10 Å². The highest BCUT2D eigenvalue weighted by Gasteiger charge is 2.20. The normalized spacial score (nSPS) is 17.1. The lowest BCUT2D eigenvalue weighted by molar-refractivity contribution is 0.00102. The fourth-order valence-corrected chi connectivity index (χ4v) is 3.41. The molecule has 2 unspecified atom stereocenters. The number of benzene rings is 1. The predicted molar refractivity (Wildman–Crippen MR) is 132 cm³/mol. The molecule has 0 bridgehead atoms. The van der Waals surface area contributed by atoms with Gasteiger partial charge in [-0.3, -0.25) is 9.89 Å². The summed E-state index contributed by atoms with van der Waals surface area (Å²) in [7, 11) is 0. The zero-order chi connectivity index (χ0) is 21.2. The zero-order valence-electron chi connectivity index (χ0n) is 18.3. The van der Waals surface area contributed by atoms with Crippen molar-refractivity contribution in [1.29, 1.82) is 0 Å². The standard InChI is InChI=1S/C22H33N5O3.HI/c1-3-23-22(27-12-10-26(11-13-27)16-20-9-14-30-25-20)24-15-21(28)17-29-18(2)19-7-5-4-6-8-19;/h4-9,14,18,21,28H,3,10-13,15-17H2,1-2H3,(H,23,24);1H. The van der Waals surface area contributed by atoms with Crippen molar-refractivity contribution < 1.29 is 14.4 Å². The molecule has 2 N–H and O–H groups in total. The number of halogens is 1. The van der Waals surface area contributed by atoms with Crippen molar-refractivity contribution in [3.05, 3.63) is 53.9 Å². The van der Waals surface area contributed by atoms with Crippen LogP contribution in [0, 0.1) is 0 Å². The topological polar surface area (TPSA) is 86.4 Å². The van der Waals surface area contributed by atoms with E-state index in [-0.39, 0.29) is 36.7 Å². The Labute approximate surface area is 201 Å². The molecule has 3 rings (SSSR count). The number of guanidine groups is 1. The first kappa shape index (κ1) is 25.6. The third-order valence-electron chi connectivity index (χ3n) is 5.14. The highest BCUT2D eigenvalue weighted by atomic mass is 127. The Bertz CT molecular complexity index is 752. The molecule has 0 saturated carbocycles. The number of aromatic nitrogens is 1. The van der Waals surface area contributed by atoms with Crippen LogP contribution in [-0.4, -0.2) is 78.0 Å². The van der Waals surface area contributed by atoms with E-state index in [1.54, 1.807) is 6.26 Å². The molecule has 0 amide bonds. The minimum absolute atomic E-state index is 0. The number of nitrogens with zero attached hydrogens (tertiary/aromatic N) is 4. The first-order chi connectivity index (χ1) is 14.7. The molecule has 2 atom stereocenters. The SMILES string of the molecule is CCNC(=NCC(O)COC(C)c1ccccc1)N1CCN(Cc2ccon2)CC1.I. The molecule has 8 nitrogen and oxygen atoms in total. The average Bonchev–Trinajstić information content (AvgIpc) is 3.29. The fourth-order valence-electron chi connectivity index (χ4n) is 3.41. The maximum atomic E-state index is 10.3. The lowest BCUT2D eigenvalue weighted by Crippen LogP contribution is -2.52. The van der Waals surface area contributed by atoms with Crippen molar-refractivity contribution >= 4 is 29.9 Å². The van der Waals surface area contributed by atoms with Crippen LogP contribution in [0.3, 0.4) is 0 Å². The summed E-state index contributed by atoms with van der Waals surface area (Å²) in [4.78, 5) is 9.24. The van der Waals surface area contributed by atoms with Crippen molar-refractivity contribution in [2.45, 2.75) is 32.6 Å². The van der Waals surface area contributed by atoms with Crippen LogP contribution < -0.4 is 5.32 Å². The van der Waals surface area contributed by atoms with Crippen LogP contribution in [0.25, 0.3) is 0 Å². The second kappa shape index (κ2) is 13.7. The summed E-state index contributed by atoms with van der Waals surface area (Å²) in [5.74, 6) is 0.841. The van der Waals surface area contributed by atoms with Crippen molar-refractivity contribution in [1.82, 2.24) is 20.3 Å². The zero-order valence-corrected chi connectivity index (χ0v) is 20.6. The molecule has 9 heteroatoms. The van der Waals surface area contributed by atoms with E-state index in [0.717, 1.165) is 56.5 Å². The van der Waals surface area contributed by atoms with Crippen molar-refractivity contribution in [3.63, 3.8) is 0 Å².